The lowest BCUT2D eigenvalue weighted by atomic mass is 9.90. The first-order valence-corrected chi connectivity index (χ1v) is 9.03. The molecule has 1 saturated heterocycles. The van der Waals surface area contributed by atoms with E-state index in [-0.39, 0.29) is 0 Å². The summed E-state index contributed by atoms with van der Waals surface area (Å²) in [4.78, 5) is 0. The Bertz CT molecular complexity index is 335. The molecule has 2 aliphatic rings. The van der Waals surface area contributed by atoms with Gasteiger partial charge < -0.3 is 18.9 Å². The monoisotopic (exact) mass is 314 g/mol. The molecular formula is C16H30O4Si. The van der Waals surface area contributed by atoms with Crippen LogP contribution in [0.5, 0.6) is 0 Å². The fraction of sp³-hybridized carbons (Fsp3) is 0.750. The van der Waals surface area contributed by atoms with Gasteiger partial charge in [0.1, 0.15) is 5.38 Å². The third kappa shape index (κ3) is 6.57. The van der Waals surface area contributed by atoms with Crippen molar-refractivity contribution in [3.05, 3.63) is 24.0 Å². The van der Waals surface area contributed by atoms with Crippen LogP contribution < -0.4 is 0 Å². The summed E-state index contributed by atoms with van der Waals surface area (Å²) in [5.74, 6) is 1.31. The second kappa shape index (κ2) is 9.90. The van der Waals surface area contributed by atoms with Gasteiger partial charge in [-0.05, 0) is 46.0 Å². The van der Waals surface area contributed by atoms with Crippen LogP contribution in [0.1, 0.15) is 40.0 Å². The summed E-state index contributed by atoms with van der Waals surface area (Å²) in [6, 6.07) is 0. The minimum absolute atomic E-state index is 0.563. The summed E-state index contributed by atoms with van der Waals surface area (Å²) in [6.45, 7) is 11.5. The molecule has 3 atom stereocenters. The van der Waals surface area contributed by atoms with Crippen molar-refractivity contribution in [2.24, 2.45) is 5.92 Å². The van der Waals surface area contributed by atoms with E-state index in [4.69, 9.17) is 18.9 Å². The van der Waals surface area contributed by atoms with Gasteiger partial charge in [-0.3, -0.25) is 0 Å². The smallest absolute Gasteiger partial charge is 0.312 e. The van der Waals surface area contributed by atoms with Gasteiger partial charge in [0.05, 0.1) is 42.3 Å². The molecule has 0 amide bonds. The molecule has 0 spiro atoms. The average molecular weight is 314 g/mol. The molecule has 4 nitrogen and oxygen atoms in total. The normalized spacial score (nSPS) is 25.8. The Morgan fingerprint density at radius 3 is 2.19 bits per heavy atom. The van der Waals surface area contributed by atoms with Crippen LogP contribution in [-0.2, 0) is 18.9 Å². The topological polar surface area (TPSA) is 40.2 Å². The molecule has 0 aromatic carbocycles. The number of epoxide rings is 1. The second-order valence-electron chi connectivity index (χ2n) is 5.16. The van der Waals surface area contributed by atoms with Crippen molar-refractivity contribution in [3.8, 4) is 0 Å². The van der Waals surface area contributed by atoms with Crippen molar-refractivity contribution in [2.45, 2.75) is 52.2 Å². The van der Waals surface area contributed by atoms with Crippen LogP contribution in [0.4, 0.5) is 0 Å². The number of hydrogen-bond donors (Lipinski definition) is 0. The molecule has 0 bridgehead atoms. The van der Waals surface area contributed by atoms with Gasteiger partial charge in [0.25, 0.3) is 0 Å². The van der Waals surface area contributed by atoms with Gasteiger partial charge in [0.2, 0.25) is 0 Å². The molecule has 0 aromatic rings. The van der Waals surface area contributed by atoms with Crippen LogP contribution in [0, 0.1) is 5.92 Å². The summed E-state index contributed by atoms with van der Waals surface area (Å²) < 4.78 is 21.2. The molecule has 1 heterocycles. The van der Waals surface area contributed by atoms with E-state index >= 15 is 0 Å². The van der Waals surface area contributed by atoms with Crippen LogP contribution in [0.2, 0.25) is 0 Å². The molecule has 0 N–H and O–H groups in total. The Hall–Kier alpha value is -0.943. The highest BCUT2D eigenvalue weighted by Crippen LogP contribution is 2.39. The molecule has 1 aliphatic carbocycles. The lowest BCUT2D eigenvalue weighted by Gasteiger charge is -2.12. The third-order valence-corrected chi connectivity index (χ3v) is 4.27. The maximum absolute atomic E-state index is 5.36. The fourth-order valence-electron chi connectivity index (χ4n) is 2.43. The number of rotatable bonds is 7. The molecule has 21 heavy (non-hydrogen) atoms. The average Bonchev–Trinajstić information content (AvgIpc) is 3.26. The minimum atomic E-state index is 0.563. The summed E-state index contributed by atoms with van der Waals surface area (Å²) in [7, 11) is 0.818. The maximum atomic E-state index is 5.36. The van der Waals surface area contributed by atoms with Gasteiger partial charge in [0, 0.05) is 0 Å². The predicted octanol–water partition coefficient (Wildman–Crippen LogP) is 2.33. The van der Waals surface area contributed by atoms with Gasteiger partial charge in [-0.25, -0.2) is 0 Å². The highest BCUT2D eigenvalue weighted by molar-refractivity contribution is 6.20. The number of hydrogen-bond acceptors (Lipinski definition) is 4. The van der Waals surface area contributed by atoms with E-state index in [9.17, 15) is 0 Å². The Kier molecular flexibility index (Phi) is 8.53. The van der Waals surface area contributed by atoms with Crippen molar-refractivity contribution in [1.29, 1.82) is 0 Å². The lowest BCUT2D eigenvalue weighted by molar-refractivity contribution is 0.0288. The van der Waals surface area contributed by atoms with Gasteiger partial charge in [-0.2, -0.15) is 0 Å². The highest BCUT2D eigenvalue weighted by atomic mass is 28.1. The van der Waals surface area contributed by atoms with Gasteiger partial charge in [-0.1, -0.05) is 6.08 Å². The molecule has 3 unspecified atom stereocenters. The fourth-order valence-corrected chi connectivity index (χ4v) is 3.01. The quantitative estimate of drug-likeness (QED) is 0.313. The van der Waals surface area contributed by atoms with Crippen LogP contribution in [0.25, 0.3) is 0 Å². The zero-order valence-corrected chi connectivity index (χ0v) is 15.9. The molecule has 0 radical (unpaired) electrons. The van der Waals surface area contributed by atoms with Crippen LogP contribution in [0.3, 0.4) is 0 Å². The molecule has 0 aromatic heterocycles. The Morgan fingerprint density at radius 1 is 1.10 bits per heavy atom. The molecule has 1 saturated carbocycles. The van der Waals surface area contributed by atoms with E-state index in [2.05, 4.69) is 12.7 Å². The summed E-state index contributed by atoms with van der Waals surface area (Å²) >= 11 is 0. The van der Waals surface area contributed by atoms with Crippen LogP contribution in [-0.4, -0.2) is 42.3 Å². The van der Waals surface area contributed by atoms with E-state index in [1.165, 1.54) is 19.3 Å². The maximum Gasteiger partial charge on any atom is 0.312 e. The van der Waals surface area contributed by atoms with E-state index in [1.807, 2.05) is 20.8 Å². The summed E-state index contributed by atoms with van der Waals surface area (Å²) in [6.07, 6.45) is 7.11. The SMILES string of the molecule is C=CC1CCC2OC2C1.CCOC([SiH3])=C(OCC)OCC. The van der Waals surface area contributed by atoms with Crippen molar-refractivity contribution in [2.75, 3.05) is 19.8 Å². The number of allylic oxidation sites excluding steroid dienone is 1. The minimum Gasteiger partial charge on any atom is -0.497 e. The van der Waals surface area contributed by atoms with Crippen molar-refractivity contribution in [1.82, 2.24) is 0 Å². The first kappa shape index (κ1) is 18.1. The lowest BCUT2D eigenvalue weighted by Crippen LogP contribution is -2.10. The zero-order chi connectivity index (χ0) is 15.7. The first-order chi connectivity index (χ1) is 10.2. The van der Waals surface area contributed by atoms with Gasteiger partial charge in [0.15, 0.2) is 0 Å². The predicted molar refractivity (Wildman–Crippen MR) is 88.0 cm³/mol. The standard InChI is InChI=1S/C8H18O3Si.C8H12O/c1-4-9-7(10-5-2)8(12)11-6-3;1-2-6-3-4-7-8(5-6)9-7/h4-6H2,1-3,12H3;2,6-8H,1,3-5H2. The zero-order valence-electron chi connectivity index (χ0n) is 13.9. The van der Waals surface area contributed by atoms with Crippen molar-refractivity contribution >= 4 is 10.2 Å². The Morgan fingerprint density at radius 2 is 1.71 bits per heavy atom. The van der Waals surface area contributed by atoms with Crippen LogP contribution in [0.15, 0.2) is 24.0 Å². The van der Waals surface area contributed by atoms with Gasteiger partial charge in [-0.15, -0.1) is 6.58 Å². The molecule has 5 heteroatoms. The summed E-state index contributed by atoms with van der Waals surface area (Å²) in [5.41, 5.74) is 0. The highest BCUT2D eigenvalue weighted by Gasteiger charge is 2.42. The van der Waals surface area contributed by atoms with Crippen molar-refractivity contribution in [3.63, 3.8) is 0 Å². The largest absolute Gasteiger partial charge is 0.497 e. The Balaban J connectivity index is 0.000000216. The first-order valence-electron chi connectivity index (χ1n) is 8.03. The number of ether oxygens (including phenoxy) is 4. The van der Waals surface area contributed by atoms with Gasteiger partial charge >= 0.3 is 5.95 Å². The van der Waals surface area contributed by atoms with E-state index in [0.717, 1.165) is 21.5 Å². The Labute approximate surface area is 131 Å². The van der Waals surface area contributed by atoms with Crippen LogP contribution >= 0.6 is 0 Å². The number of fused-ring (bicyclic) bond motifs is 1. The third-order valence-electron chi connectivity index (χ3n) is 3.58. The molecule has 1 aliphatic heterocycles. The van der Waals surface area contributed by atoms with Crippen molar-refractivity contribution < 1.29 is 18.9 Å². The second-order valence-corrected chi connectivity index (χ2v) is 6.07. The molecule has 2 fully saturated rings. The van der Waals surface area contributed by atoms with E-state index in [1.54, 1.807) is 0 Å². The molecular weight excluding hydrogens is 284 g/mol. The van der Waals surface area contributed by atoms with E-state index < -0.39 is 0 Å². The van der Waals surface area contributed by atoms with E-state index in [0.29, 0.717) is 38.0 Å². The summed E-state index contributed by atoms with van der Waals surface area (Å²) in [5, 5.41) is 0.848. The molecule has 122 valence electrons. The molecule has 2 rings (SSSR count).